The number of carbonyl (C=O) groups is 1. The zero-order valence-electron chi connectivity index (χ0n) is 12.9. The normalized spacial score (nSPS) is 10.8. The Hall–Kier alpha value is -2.12. The molecule has 8 heteroatoms. The van der Waals surface area contributed by atoms with Crippen molar-refractivity contribution in [2.24, 2.45) is 0 Å². The van der Waals surface area contributed by atoms with E-state index in [-0.39, 0.29) is 5.91 Å². The van der Waals surface area contributed by atoms with Crippen molar-refractivity contribution in [1.82, 2.24) is 19.6 Å². The fraction of sp³-hybridized carbons (Fsp3) is 0.188. The highest BCUT2D eigenvalue weighted by Crippen LogP contribution is 2.22. The fourth-order valence-corrected chi connectivity index (χ4v) is 2.83. The third-order valence-corrected chi connectivity index (χ3v) is 4.29. The summed E-state index contributed by atoms with van der Waals surface area (Å²) in [6.07, 6.45) is 3.42. The number of hydrogen-bond donors (Lipinski definition) is 1. The standard InChI is InChI=1S/C16H15BrClN5O/c1-2-23-14(7-8-19-23)16(24)20-15-13(17)10-22(21-15)9-11-3-5-12(18)6-4-11/h3-8,10H,2,9H2,1H3,(H,20,21,24). The lowest BCUT2D eigenvalue weighted by Gasteiger charge is -2.05. The molecule has 1 amide bonds. The maximum absolute atomic E-state index is 12.4. The summed E-state index contributed by atoms with van der Waals surface area (Å²) in [5.74, 6) is 0.226. The molecule has 0 saturated heterocycles. The first-order valence-electron chi connectivity index (χ1n) is 7.37. The number of rotatable bonds is 5. The van der Waals surface area contributed by atoms with Crippen molar-refractivity contribution in [3.63, 3.8) is 0 Å². The molecule has 3 aromatic rings. The van der Waals surface area contributed by atoms with E-state index in [4.69, 9.17) is 11.6 Å². The summed E-state index contributed by atoms with van der Waals surface area (Å²) >= 11 is 9.32. The maximum atomic E-state index is 12.4. The van der Waals surface area contributed by atoms with E-state index in [0.29, 0.717) is 34.1 Å². The lowest BCUT2D eigenvalue weighted by atomic mass is 10.2. The van der Waals surface area contributed by atoms with Gasteiger partial charge in [-0.05, 0) is 46.6 Å². The van der Waals surface area contributed by atoms with Gasteiger partial charge in [-0.15, -0.1) is 0 Å². The molecule has 6 nitrogen and oxygen atoms in total. The number of benzene rings is 1. The number of halogens is 2. The second kappa shape index (κ2) is 7.19. The summed E-state index contributed by atoms with van der Waals surface area (Å²) in [6.45, 7) is 3.14. The highest BCUT2D eigenvalue weighted by atomic mass is 79.9. The molecule has 0 aliphatic rings. The SMILES string of the molecule is CCn1nccc1C(=O)Nc1nn(Cc2ccc(Cl)cc2)cc1Br. The first kappa shape index (κ1) is 16.7. The van der Waals surface area contributed by atoms with Crippen LogP contribution in [-0.2, 0) is 13.1 Å². The zero-order chi connectivity index (χ0) is 17.1. The van der Waals surface area contributed by atoms with Gasteiger partial charge in [-0.3, -0.25) is 14.2 Å². The van der Waals surface area contributed by atoms with E-state index in [1.54, 1.807) is 21.6 Å². The lowest BCUT2D eigenvalue weighted by molar-refractivity contribution is 0.101. The van der Waals surface area contributed by atoms with Crippen molar-refractivity contribution in [2.75, 3.05) is 5.32 Å². The number of amides is 1. The Morgan fingerprint density at radius 1 is 1.29 bits per heavy atom. The second-order valence-electron chi connectivity index (χ2n) is 5.14. The Morgan fingerprint density at radius 2 is 2.04 bits per heavy atom. The fourth-order valence-electron chi connectivity index (χ4n) is 2.29. The summed E-state index contributed by atoms with van der Waals surface area (Å²) in [5, 5.41) is 12.0. The number of nitrogens with zero attached hydrogens (tertiary/aromatic N) is 4. The van der Waals surface area contributed by atoms with Gasteiger partial charge in [0.1, 0.15) is 5.69 Å². The molecule has 24 heavy (non-hydrogen) atoms. The van der Waals surface area contributed by atoms with Gasteiger partial charge in [-0.1, -0.05) is 23.7 Å². The number of nitrogens with one attached hydrogen (secondary N) is 1. The quantitative estimate of drug-likeness (QED) is 0.698. The predicted octanol–water partition coefficient (Wildman–Crippen LogP) is 3.82. The average molecular weight is 409 g/mol. The van der Waals surface area contributed by atoms with Crippen LogP contribution in [0.5, 0.6) is 0 Å². The predicted molar refractivity (Wildman–Crippen MR) is 96.3 cm³/mol. The molecule has 0 radical (unpaired) electrons. The second-order valence-corrected chi connectivity index (χ2v) is 6.43. The van der Waals surface area contributed by atoms with Crippen molar-refractivity contribution in [1.29, 1.82) is 0 Å². The first-order valence-corrected chi connectivity index (χ1v) is 8.54. The molecule has 0 aliphatic carbocycles. The van der Waals surface area contributed by atoms with Crippen LogP contribution in [0.3, 0.4) is 0 Å². The van der Waals surface area contributed by atoms with Gasteiger partial charge in [0.25, 0.3) is 5.91 Å². The van der Waals surface area contributed by atoms with E-state index in [0.717, 1.165) is 5.56 Å². The monoisotopic (exact) mass is 407 g/mol. The largest absolute Gasteiger partial charge is 0.303 e. The smallest absolute Gasteiger partial charge is 0.275 e. The van der Waals surface area contributed by atoms with Crippen molar-refractivity contribution in [2.45, 2.75) is 20.0 Å². The van der Waals surface area contributed by atoms with Crippen LogP contribution in [-0.4, -0.2) is 25.5 Å². The van der Waals surface area contributed by atoms with Crippen molar-refractivity contribution in [3.05, 3.63) is 63.5 Å². The first-order chi connectivity index (χ1) is 11.6. The van der Waals surface area contributed by atoms with E-state index in [9.17, 15) is 4.79 Å². The molecule has 0 unspecified atom stereocenters. The van der Waals surface area contributed by atoms with Crippen LogP contribution >= 0.6 is 27.5 Å². The highest BCUT2D eigenvalue weighted by Gasteiger charge is 2.15. The van der Waals surface area contributed by atoms with E-state index >= 15 is 0 Å². The summed E-state index contributed by atoms with van der Waals surface area (Å²) < 4.78 is 4.10. The van der Waals surface area contributed by atoms with E-state index < -0.39 is 0 Å². The molecule has 3 rings (SSSR count). The third-order valence-electron chi connectivity index (χ3n) is 3.46. The van der Waals surface area contributed by atoms with E-state index in [1.807, 2.05) is 37.4 Å². The highest BCUT2D eigenvalue weighted by molar-refractivity contribution is 9.10. The number of anilines is 1. The van der Waals surface area contributed by atoms with Crippen LogP contribution in [0.2, 0.25) is 5.02 Å². The van der Waals surface area contributed by atoms with Crippen LogP contribution in [0.4, 0.5) is 5.82 Å². The molecule has 0 bridgehead atoms. The molecule has 0 aliphatic heterocycles. The Bertz CT molecular complexity index is 856. The van der Waals surface area contributed by atoms with Crippen molar-refractivity contribution < 1.29 is 4.79 Å². The number of aromatic nitrogens is 4. The Labute approximate surface area is 152 Å². The summed E-state index contributed by atoms with van der Waals surface area (Å²) in [4.78, 5) is 12.4. The Morgan fingerprint density at radius 3 is 2.75 bits per heavy atom. The Balaban J connectivity index is 1.74. The molecule has 124 valence electrons. The number of hydrogen-bond acceptors (Lipinski definition) is 3. The molecule has 2 aromatic heterocycles. The minimum absolute atomic E-state index is 0.244. The van der Waals surface area contributed by atoms with Crippen molar-refractivity contribution >= 4 is 39.3 Å². The molecular weight excluding hydrogens is 394 g/mol. The molecular formula is C16H15BrClN5O. The van der Waals surface area contributed by atoms with E-state index in [1.165, 1.54) is 0 Å². The van der Waals surface area contributed by atoms with Gasteiger partial charge in [0.05, 0.1) is 11.0 Å². The van der Waals surface area contributed by atoms with Gasteiger partial charge in [0, 0.05) is 24.0 Å². The topological polar surface area (TPSA) is 64.7 Å². The zero-order valence-corrected chi connectivity index (χ0v) is 15.3. The summed E-state index contributed by atoms with van der Waals surface area (Å²) in [7, 11) is 0. The number of carbonyl (C=O) groups excluding carboxylic acids is 1. The molecule has 0 fully saturated rings. The van der Waals surface area contributed by atoms with Gasteiger partial charge >= 0.3 is 0 Å². The van der Waals surface area contributed by atoms with Crippen LogP contribution < -0.4 is 5.32 Å². The van der Waals surface area contributed by atoms with Gasteiger partial charge in [0.15, 0.2) is 5.82 Å². The molecule has 1 N–H and O–H groups in total. The third kappa shape index (κ3) is 3.68. The van der Waals surface area contributed by atoms with E-state index in [2.05, 4.69) is 31.4 Å². The summed E-state index contributed by atoms with van der Waals surface area (Å²) in [5.41, 5.74) is 1.56. The maximum Gasteiger partial charge on any atom is 0.275 e. The summed E-state index contributed by atoms with van der Waals surface area (Å²) in [6, 6.07) is 9.23. The minimum atomic E-state index is -0.244. The minimum Gasteiger partial charge on any atom is -0.303 e. The molecule has 2 heterocycles. The van der Waals surface area contributed by atoms with Crippen LogP contribution in [0.15, 0.2) is 47.2 Å². The lowest BCUT2D eigenvalue weighted by Crippen LogP contribution is -2.18. The molecule has 0 spiro atoms. The van der Waals surface area contributed by atoms with Gasteiger partial charge in [-0.2, -0.15) is 10.2 Å². The number of aryl methyl sites for hydroxylation is 1. The van der Waals surface area contributed by atoms with Crippen LogP contribution in [0.1, 0.15) is 23.0 Å². The molecule has 0 atom stereocenters. The van der Waals surface area contributed by atoms with Gasteiger partial charge in [0.2, 0.25) is 0 Å². The van der Waals surface area contributed by atoms with Crippen LogP contribution in [0, 0.1) is 0 Å². The van der Waals surface area contributed by atoms with Crippen molar-refractivity contribution in [3.8, 4) is 0 Å². The van der Waals surface area contributed by atoms with Gasteiger partial charge in [-0.25, -0.2) is 0 Å². The van der Waals surface area contributed by atoms with Crippen LogP contribution in [0.25, 0.3) is 0 Å². The average Bonchev–Trinajstić information content (AvgIpc) is 3.16. The molecule has 1 aromatic carbocycles. The Kier molecular flexibility index (Phi) is 5.01. The molecule has 0 saturated carbocycles. The van der Waals surface area contributed by atoms with Gasteiger partial charge < -0.3 is 5.32 Å².